The number of aromatic nitrogens is 1. The monoisotopic (exact) mass is 343 g/mol. The maximum atomic E-state index is 12.7. The number of piperidine rings is 1. The van der Waals surface area contributed by atoms with Gasteiger partial charge >= 0.3 is 5.00 Å². The summed E-state index contributed by atoms with van der Waals surface area (Å²) in [5.74, 6) is -0.451. The maximum Gasteiger partial charge on any atom is 0.325 e. The molecule has 0 bridgehead atoms. The van der Waals surface area contributed by atoms with Crippen LogP contribution in [0.2, 0.25) is 0 Å². The van der Waals surface area contributed by atoms with Crippen molar-refractivity contribution in [3.8, 4) is 0 Å². The number of hydrogen-bond donors (Lipinski definition) is 1. The van der Waals surface area contributed by atoms with Gasteiger partial charge in [0.2, 0.25) is 11.6 Å². The lowest BCUT2D eigenvalue weighted by molar-refractivity contribution is -0.380. The minimum absolute atomic E-state index is 0.0892. The number of nitro groups is 1. The third-order valence-corrected chi connectivity index (χ3v) is 5.61. The Morgan fingerprint density at radius 2 is 1.92 bits per heavy atom. The fraction of sp³-hybridized carbons (Fsp3) is 0.312. The van der Waals surface area contributed by atoms with E-state index in [4.69, 9.17) is 0 Å². The summed E-state index contributed by atoms with van der Waals surface area (Å²) in [6, 6.07) is 2.92. The van der Waals surface area contributed by atoms with Crippen molar-refractivity contribution in [1.82, 2.24) is 10.3 Å². The molecule has 1 N–H and O–H groups in total. The van der Waals surface area contributed by atoms with Crippen molar-refractivity contribution in [2.75, 3.05) is 13.1 Å². The van der Waals surface area contributed by atoms with Crippen LogP contribution in [0.25, 0.3) is 0 Å². The number of nitrogens with zero attached hydrogens (tertiary/aromatic N) is 2. The summed E-state index contributed by atoms with van der Waals surface area (Å²) in [5, 5.41) is 14.0. The van der Waals surface area contributed by atoms with E-state index >= 15 is 0 Å². The lowest BCUT2D eigenvalue weighted by atomic mass is 9.87. The molecule has 2 aromatic heterocycles. The van der Waals surface area contributed by atoms with Crippen LogP contribution in [0.3, 0.4) is 0 Å². The molecule has 2 aromatic rings. The van der Waals surface area contributed by atoms with Crippen LogP contribution >= 0.6 is 11.3 Å². The lowest BCUT2D eigenvalue weighted by Gasteiger charge is -2.24. The van der Waals surface area contributed by atoms with Crippen LogP contribution in [-0.4, -0.2) is 34.6 Å². The van der Waals surface area contributed by atoms with Crippen molar-refractivity contribution in [3.05, 3.63) is 55.7 Å². The molecule has 7 nitrogen and oxygen atoms in total. The van der Waals surface area contributed by atoms with Crippen molar-refractivity contribution >= 4 is 27.9 Å². The van der Waals surface area contributed by atoms with Crippen LogP contribution in [0.5, 0.6) is 0 Å². The molecule has 0 amide bonds. The van der Waals surface area contributed by atoms with Gasteiger partial charge in [-0.05, 0) is 43.5 Å². The van der Waals surface area contributed by atoms with E-state index in [9.17, 15) is 19.7 Å². The Bertz CT molecular complexity index is 883. The molecule has 0 atom stereocenters. The Morgan fingerprint density at radius 1 is 1.17 bits per heavy atom. The van der Waals surface area contributed by atoms with E-state index in [2.05, 4.69) is 10.3 Å². The third kappa shape index (κ3) is 2.26. The quantitative estimate of drug-likeness (QED) is 0.566. The number of thiophene rings is 1. The van der Waals surface area contributed by atoms with Gasteiger partial charge in [-0.15, -0.1) is 0 Å². The van der Waals surface area contributed by atoms with Crippen LogP contribution in [0.4, 0.5) is 5.00 Å². The molecule has 8 heteroatoms. The molecule has 0 spiro atoms. The number of pyridine rings is 1. The second-order valence-electron chi connectivity index (χ2n) is 5.93. The van der Waals surface area contributed by atoms with Gasteiger partial charge in [0.15, 0.2) is 0 Å². The van der Waals surface area contributed by atoms with E-state index in [-0.39, 0.29) is 32.5 Å². The summed E-state index contributed by atoms with van der Waals surface area (Å²) in [4.78, 5) is 40.0. The zero-order valence-corrected chi connectivity index (χ0v) is 13.4. The molecule has 0 saturated carbocycles. The van der Waals surface area contributed by atoms with E-state index in [1.807, 2.05) is 0 Å². The molecule has 0 unspecified atom stereocenters. The topological polar surface area (TPSA) is 102 Å². The van der Waals surface area contributed by atoms with E-state index < -0.39 is 10.7 Å². The zero-order chi connectivity index (χ0) is 16.8. The summed E-state index contributed by atoms with van der Waals surface area (Å²) < 4.78 is 0. The number of carbonyl (C=O) groups excluding carboxylic acids is 2. The van der Waals surface area contributed by atoms with E-state index in [0.29, 0.717) is 5.92 Å². The van der Waals surface area contributed by atoms with Gasteiger partial charge < -0.3 is 5.32 Å². The molecular weight excluding hydrogens is 330 g/mol. The largest absolute Gasteiger partial charge is 0.325 e. The van der Waals surface area contributed by atoms with E-state index in [0.717, 1.165) is 42.8 Å². The number of fused-ring (bicyclic) bond motifs is 2. The molecule has 0 aromatic carbocycles. The van der Waals surface area contributed by atoms with E-state index in [1.165, 1.54) is 6.07 Å². The second kappa shape index (κ2) is 5.57. The normalized spacial score (nSPS) is 17.5. The Morgan fingerprint density at radius 3 is 2.62 bits per heavy atom. The third-order valence-electron chi connectivity index (χ3n) is 4.53. The van der Waals surface area contributed by atoms with Crippen molar-refractivity contribution in [3.63, 3.8) is 0 Å². The molecule has 0 radical (unpaired) electrons. The Balaban J connectivity index is 1.78. The Kier molecular flexibility index (Phi) is 3.50. The average Bonchev–Trinajstić information content (AvgIpc) is 3.06. The second-order valence-corrected chi connectivity index (χ2v) is 6.96. The van der Waals surface area contributed by atoms with Crippen molar-refractivity contribution < 1.29 is 14.5 Å². The number of hydrogen-bond acceptors (Lipinski definition) is 7. The summed E-state index contributed by atoms with van der Waals surface area (Å²) >= 11 is 0.753. The minimum atomic E-state index is -0.581. The number of rotatable bonds is 2. The first kappa shape index (κ1) is 15.1. The lowest BCUT2D eigenvalue weighted by Crippen LogP contribution is -2.27. The number of nitrogens with one attached hydrogen (secondary N) is 1. The highest BCUT2D eigenvalue weighted by molar-refractivity contribution is 7.17. The van der Waals surface area contributed by atoms with E-state index in [1.54, 1.807) is 12.3 Å². The van der Waals surface area contributed by atoms with Crippen molar-refractivity contribution in [2.45, 2.75) is 18.8 Å². The van der Waals surface area contributed by atoms with Crippen LogP contribution < -0.4 is 5.32 Å². The molecule has 24 heavy (non-hydrogen) atoms. The first-order valence-electron chi connectivity index (χ1n) is 7.64. The maximum absolute atomic E-state index is 12.7. The predicted molar refractivity (Wildman–Crippen MR) is 86.9 cm³/mol. The molecular formula is C16H13N3O4S. The average molecular weight is 343 g/mol. The molecule has 3 heterocycles. The molecule has 1 aliphatic heterocycles. The highest BCUT2D eigenvalue weighted by Gasteiger charge is 2.36. The smallest absolute Gasteiger partial charge is 0.317 e. The molecule has 1 fully saturated rings. The highest BCUT2D eigenvalue weighted by atomic mass is 32.1. The summed E-state index contributed by atoms with van der Waals surface area (Å²) in [7, 11) is 0. The standard InChI is InChI=1S/C16H13N3O4S/c20-14-11-6-12(19(22)23)24-16(11)15(21)10-5-9(7-18-13(10)14)8-1-3-17-4-2-8/h5-8,17H,1-4H2. The van der Waals surface area contributed by atoms with Gasteiger partial charge in [-0.3, -0.25) is 24.7 Å². The Labute approximate surface area is 140 Å². The fourth-order valence-electron chi connectivity index (χ4n) is 3.27. The first-order chi connectivity index (χ1) is 11.6. The van der Waals surface area contributed by atoms with Gasteiger partial charge in [0, 0.05) is 12.3 Å². The van der Waals surface area contributed by atoms with Crippen LogP contribution in [-0.2, 0) is 0 Å². The SMILES string of the molecule is O=C1c2cc([N+](=O)[O-])sc2C(=O)c2cc(C3CCNCC3)cnc21. The summed E-state index contributed by atoms with van der Waals surface area (Å²) in [5.41, 5.74) is 1.40. The molecule has 1 aliphatic carbocycles. The van der Waals surface area contributed by atoms with Gasteiger partial charge in [0.25, 0.3) is 0 Å². The van der Waals surface area contributed by atoms with Gasteiger partial charge in [-0.2, -0.15) is 0 Å². The van der Waals surface area contributed by atoms with Crippen LogP contribution in [0, 0.1) is 10.1 Å². The van der Waals surface area contributed by atoms with Gasteiger partial charge in [0.1, 0.15) is 5.69 Å². The minimum Gasteiger partial charge on any atom is -0.317 e. The van der Waals surface area contributed by atoms with Crippen molar-refractivity contribution in [2.24, 2.45) is 0 Å². The first-order valence-corrected chi connectivity index (χ1v) is 8.46. The Hall–Kier alpha value is -2.45. The van der Waals surface area contributed by atoms with Gasteiger partial charge in [0.05, 0.1) is 20.9 Å². The number of ketones is 2. The summed E-state index contributed by atoms with van der Waals surface area (Å²) in [6.45, 7) is 1.83. The molecule has 1 saturated heterocycles. The molecule has 2 aliphatic rings. The van der Waals surface area contributed by atoms with Gasteiger partial charge in [-0.25, -0.2) is 0 Å². The number of carbonyl (C=O) groups is 2. The van der Waals surface area contributed by atoms with Crippen LogP contribution in [0.1, 0.15) is 55.6 Å². The predicted octanol–water partition coefficient (Wildman–Crippen LogP) is 2.29. The van der Waals surface area contributed by atoms with Gasteiger partial charge in [-0.1, -0.05) is 11.3 Å². The van der Waals surface area contributed by atoms with Crippen molar-refractivity contribution in [1.29, 1.82) is 0 Å². The van der Waals surface area contributed by atoms with Crippen LogP contribution in [0.15, 0.2) is 18.3 Å². The highest BCUT2D eigenvalue weighted by Crippen LogP contribution is 2.37. The fourth-order valence-corrected chi connectivity index (χ4v) is 4.19. The summed E-state index contributed by atoms with van der Waals surface area (Å²) in [6.07, 6.45) is 3.57. The molecule has 4 rings (SSSR count). The molecule has 122 valence electrons. The zero-order valence-electron chi connectivity index (χ0n) is 12.6.